The van der Waals surface area contributed by atoms with Gasteiger partial charge in [0.15, 0.2) is 0 Å². The molecule has 4 heterocycles. The number of aromatic nitrogens is 3. The molecule has 0 atom stereocenters. The lowest BCUT2D eigenvalue weighted by Crippen LogP contribution is -2.03. The minimum Gasteiger partial charge on any atom is -0.287 e. The van der Waals surface area contributed by atoms with E-state index in [0.29, 0.717) is 0 Å². The lowest BCUT2D eigenvalue weighted by molar-refractivity contribution is 1.03. The number of hydrogen-bond donors (Lipinski definition) is 0. The molecular weight excluding hydrogens is 488 g/mol. The Labute approximate surface area is 231 Å². The van der Waals surface area contributed by atoms with E-state index in [2.05, 4.69) is 112 Å². The van der Waals surface area contributed by atoms with Crippen molar-refractivity contribution in [1.82, 2.24) is 19.2 Å². The fraction of sp³-hybridized carbons (Fsp3) is 0. The highest BCUT2D eigenvalue weighted by atomic mass is 15.1. The predicted octanol–water partition coefficient (Wildman–Crippen LogP) is 7.49. The van der Waals surface area contributed by atoms with Crippen molar-refractivity contribution in [2.45, 2.75) is 0 Å². The maximum atomic E-state index is 5.13. The highest BCUT2D eigenvalue weighted by molar-refractivity contribution is 6.11. The summed E-state index contributed by atoms with van der Waals surface area (Å²) < 4.78 is 6.60. The Morgan fingerprint density at radius 1 is 0.475 bits per heavy atom. The minimum absolute atomic E-state index is 0.826. The van der Waals surface area contributed by atoms with Crippen molar-refractivity contribution < 1.29 is 0 Å². The molecule has 0 N–H and O–H groups in total. The first-order valence-corrected chi connectivity index (χ1v) is 13.4. The summed E-state index contributed by atoms with van der Waals surface area (Å²) in [5.74, 6) is 0.847. The number of para-hydroxylation sites is 1. The average Bonchev–Trinajstić information content (AvgIpc) is 3.62. The summed E-state index contributed by atoms with van der Waals surface area (Å²) in [5, 5.41) is 3.63. The third kappa shape index (κ3) is 3.52. The summed E-state index contributed by atoms with van der Waals surface area (Å²) >= 11 is 0. The molecule has 4 nitrogen and oxygen atoms in total. The molecule has 0 amide bonds. The Bertz CT molecular complexity index is 2160. The molecule has 1 aliphatic rings. The zero-order valence-corrected chi connectivity index (χ0v) is 21.6. The molecule has 8 rings (SSSR count). The number of rotatable bonds is 4. The van der Waals surface area contributed by atoms with Gasteiger partial charge in [0, 0.05) is 10.9 Å². The van der Waals surface area contributed by atoms with E-state index in [1.54, 1.807) is 0 Å². The summed E-state index contributed by atoms with van der Waals surface area (Å²) in [6.45, 7) is 0. The molecule has 0 radical (unpaired) electrons. The normalized spacial score (nSPS) is 11.9. The van der Waals surface area contributed by atoms with Crippen LogP contribution in [0.5, 0.6) is 0 Å². The molecule has 40 heavy (non-hydrogen) atoms. The SMILES string of the molecule is C1=[N+]=Cc2c1c1ccccc1n2-c1cccc(-c2cccc(-c3ccccc3-c3cccc4ccccc34)n2)n1. The lowest BCUT2D eigenvalue weighted by Gasteiger charge is -2.13. The van der Waals surface area contributed by atoms with E-state index in [0.717, 1.165) is 50.8 Å². The van der Waals surface area contributed by atoms with Gasteiger partial charge in [-0.2, -0.15) is 0 Å². The molecule has 1 aliphatic heterocycles. The number of pyridine rings is 2. The monoisotopic (exact) mass is 511 g/mol. The Hall–Kier alpha value is -5.57. The van der Waals surface area contributed by atoms with Crippen LogP contribution in [0.4, 0.5) is 0 Å². The summed E-state index contributed by atoms with van der Waals surface area (Å²) in [6.07, 6.45) is 3.84. The third-order valence-corrected chi connectivity index (χ3v) is 7.61. The summed E-state index contributed by atoms with van der Waals surface area (Å²) in [6, 6.07) is 44.2. The fourth-order valence-electron chi connectivity index (χ4n) is 5.80. The topological polar surface area (TPSA) is 44.8 Å². The smallest absolute Gasteiger partial charge is 0.287 e. The van der Waals surface area contributed by atoms with Crippen LogP contribution in [0, 0.1) is 0 Å². The number of hydrogen-bond acceptors (Lipinski definition) is 2. The van der Waals surface area contributed by atoms with Gasteiger partial charge in [0.05, 0.1) is 28.2 Å². The summed E-state index contributed by atoms with van der Waals surface area (Å²) in [7, 11) is 0. The highest BCUT2D eigenvalue weighted by Gasteiger charge is 2.24. The highest BCUT2D eigenvalue weighted by Crippen LogP contribution is 2.36. The molecule has 4 heteroatoms. The van der Waals surface area contributed by atoms with Crippen LogP contribution in [0.25, 0.3) is 61.3 Å². The zero-order chi connectivity index (χ0) is 26.5. The van der Waals surface area contributed by atoms with Crippen LogP contribution >= 0.6 is 0 Å². The van der Waals surface area contributed by atoms with Crippen molar-refractivity contribution in [1.29, 1.82) is 0 Å². The molecule has 3 aromatic heterocycles. The van der Waals surface area contributed by atoms with Crippen molar-refractivity contribution in [2.24, 2.45) is 0 Å². The molecule has 0 spiro atoms. The predicted molar refractivity (Wildman–Crippen MR) is 165 cm³/mol. The number of nitrogens with zero attached hydrogens (tertiary/aromatic N) is 4. The van der Waals surface area contributed by atoms with Gasteiger partial charge in [0.2, 0.25) is 0 Å². The second-order valence-electron chi connectivity index (χ2n) is 9.92. The zero-order valence-electron chi connectivity index (χ0n) is 21.6. The molecule has 0 unspecified atom stereocenters. The quantitative estimate of drug-likeness (QED) is 0.230. The van der Waals surface area contributed by atoms with E-state index >= 15 is 0 Å². The van der Waals surface area contributed by atoms with Gasteiger partial charge in [0.25, 0.3) is 0 Å². The summed E-state index contributed by atoms with van der Waals surface area (Å²) in [4.78, 5) is 10.2. The van der Waals surface area contributed by atoms with Gasteiger partial charge in [-0.25, -0.2) is 9.97 Å². The number of benzene rings is 4. The molecule has 4 aromatic carbocycles. The maximum Gasteiger partial charge on any atom is 0.317 e. The molecule has 186 valence electrons. The van der Waals surface area contributed by atoms with Crippen LogP contribution < -0.4 is 4.67 Å². The van der Waals surface area contributed by atoms with E-state index in [9.17, 15) is 0 Å². The molecule has 0 aliphatic carbocycles. The molecule has 7 aromatic rings. The molecule has 0 bridgehead atoms. The van der Waals surface area contributed by atoms with Gasteiger partial charge in [-0.1, -0.05) is 102 Å². The van der Waals surface area contributed by atoms with Crippen molar-refractivity contribution in [3.05, 3.63) is 139 Å². The van der Waals surface area contributed by atoms with Gasteiger partial charge in [0.1, 0.15) is 11.5 Å². The van der Waals surface area contributed by atoms with Crippen LogP contribution in [-0.2, 0) is 0 Å². The average molecular weight is 512 g/mol. The Kier molecular flexibility index (Phi) is 5.06. The van der Waals surface area contributed by atoms with Crippen molar-refractivity contribution >= 4 is 34.1 Å². The Balaban J connectivity index is 1.25. The van der Waals surface area contributed by atoms with Gasteiger partial charge >= 0.3 is 12.4 Å². The van der Waals surface area contributed by atoms with Crippen LogP contribution in [0.1, 0.15) is 11.3 Å². The van der Waals surface area contributed by atoms with E-state index in [-0.39, 0.29) is 0 Å². The molecule has 0 fully saturated rings. The Morgan fingerprint density at radius 2 is 1.12 bits per heavy atom. The van der Waals surface area contributed by atoms with E-state index in [1.807, 2.05) is 36.7 Å². The first-order valence-electron chi connectivity index (χ1n) is 13.4. The van der Waals surface area contributed by atoms with Crippen molar-refractivity contribution in [2.75, 3.05) is 0 Å². The molecule has 0 saturated heterocycles. The second-order valence-corrected chi connectivity index (χ2v) is 9.92. The van der Waals surface area contributed by atoms with Crippen molar-refractivity contribution in [3.8, 4) is 39.6 Å². The first-order chi connectivity index (χ1) is 19.8. The number of fused-ring (bicyclic) bond motifs is 4. The van der Waals surface area contributed by atoms with Crippen LogP contribution in [0.3, 0.4) is 0 Å². The van der Waals surface area contributed by atoms with Gasteiger partial charge in [-0.15, -0.1) is 0 Å². The van der Waals surface area contributed by atoms with Crippen LogP contribution in [-0.4, -0.2) is 27.0 Å². The Morgan fingerprint density at radius 3 is 2.05 bits per heavy atom. The van der Waals surface area contributed by atoms with Crippen molar-refractivity contribution in [3.63, 3.8) is 0 Å². The van der Waals surface area contributed by atoms with E-state index in [4.69, 9.17) is 9.97 Å². The van der Waals surface area contributed by atoms with E-state index in [1.165, 1.54) is 21.7 Å². The standard InChI is InChI=1S/C36H23N4/c1-2-12-25-24(10-1)11-7-16-26(25)27-13-3-4-14-28(27)31-17-8-18-32(38-31)33-19-9-21-36(39-33)40-34-20-6-5-15-29(34)30-22-37-23-35(30)40/h1-23H/q+1. The van der Waals surface area contributed by atoms with Gasteiger partial charge in [-0.05, 0) is 52.2 Å². The minimum atomic E-state index is 0.826. The van der Waals surface area contributed by atoms with Crippen LogP contribution in [0.2, 0.25) is 0 Å². The lowest BCUT2D eigenvalue weighted by atomic mass is 9.93. The maximum absolute atomic E-state index is 5.13. The van der Waals surface area contributed by atoms with Crippen LogP contribution in [0.15, 0.2) is 127 Å². The largest absolute Gasteiger partial charge is 0.317 e. The summed E-state index contributed by atoms with van der Waals surface area (Å²) in [5.41, 5.74) is 9.34. The van der Waals surface area contributed by atoms with Gasteiger partial charge in [-0.3, -0.25) is 4.57 Å². The second kappa shape index (κ2) is 9.02. The first kappa shape index (κ1) is 22.4. The molecular formula is C36H23N4+. The molecule has 0 saturated carbocycles. The van der Waals surface area contributed by atoms with Gasteiger partial charge < -0.3 is 0 Å². The fourth-order valence-corrected chi connectivity index (χ4v) is 5.80. The third-order valence-electron chi connectivity index (χ3n) is 7.61. The van der Waals surface area contributed by atoms with E-state index < -0.39 is 0 Å².